The maximum Gasteiger partial charge on any atom is 0.278 e. The molecule has 0 atom stereocenters. The number of para-hydroxylation sites is 1. The smallest absolute Gasteiger partial charge is 0.276 e. The van der Waals surface area contributed by atoms with Gasteiger partial charge >= 0.3 is 0 Å². The van der Waals surface area contributed by atoms with Gasteiger partial charge in [0.15, 0.2) is 0 Å². The van der Waals surface area contributed by atoms with E-state index in [1.165, 1.54) is 12.3 Å². The number of nitro groups is 1. The summed E-state index contributed by atoms with van der Waals surface area (Å²) >= 11 is 0. The number of nitro benzene ring substituents is 1. The van der Waals surface area contributed by atoms with Crippen LogP contribution in [-0.4, -0.2) is 71.2 Å². The average molecular weight is 390 g/mol. The second kappa shape index (κ2) is 7.14. The van der Waals surface area contributed by atoms with E-state index in [4.69, 9.17) is 0 Å². The molecule has 4 fully saturated rings. The molecule has 4 saturated heterocycles. The predicted molar refractivity (Wildman–Crippen MR) is 111 cm³/mol. The summed E-state index contributed by atoms with van der Waals surface area (Å²) in [7, 11) is 0. The van der Waals surface area contributed by atoms with E-state index in [2.05, 4.69) is 37.0 Å². The Bertz CT molecular complexity index is 952. The molecule has 0 aromatic heterocycles. The van der Waals surface area contributed by atoms with Crippen LogP contribution in [0.25, 0.3) is 0 Å². The van der Waals surface area contributed by atoms with Crippen molar-refractivity contribution < 1.29 is 4.92 Å². The zero-order chi connectivity index (χ0) is 19.8. The van der Waals surface area contributed by atoms with Crippen LogP contribution in [0.3, 0.4) is 0 Å². The van der Waals surface area contributed by atoms with Crippen LogP contribution in [0.2, 0.25) is 0 Å². The fourth-order valence-electron chi connectivity index (χ4n) is 4.92. The predicted octanol–water partition coefficient (Wildman–Crippen LogP) is 2.22. The molecule has 0 aliphatic carbocycles. The zero-order valence-corrected chi connectivity index (χ0v) is 16.0. The highest BCUT2D eigenvalue weighted by Gasteiger charge is 2.51. The standard InChI is InChI=1S/C21H22N6O2/c28-27(29)19-9-5-4-8-18(19)10-22-23-20(17-6-2-1-3-7-17)21-11-24-14-25(12-21)16-26(13-21)15-24/h1-10H,11-16H2. The molecule has 4 bridgehead atoms. The SMILES string of the molecule is O=[N+]([O-])c1ccccc1C=NN=C(c1ccccc1)C12CN3CN(CN(C3)C1)C2. The summed E-state index contributed by atoms with van der Waals surface area (Å²) in [5.41, 5.74) is 2.38. The first kappa shape index (κ1) is 18.1. The Hall–Kier alpha value is -2.94. The third-order valence-corrected chi connectivity index (χ3v) is 5.82. The van der Waals surface area contributed by atoms with Crippen LogP contribution in [0.1, 0.15) is 11.1 Å². The molecule has 4 heterocycles. The first-order valence-corrected chi connectivity index (χ1v) is 9.70. The summed E-state index contributed by atoms with van der Waals surface area (Å²) in [6.45, 7) is 5.86. The second-order valence-electron chi connectivity index (χ2n) is 8.07. The lowest BCUT2D eigenvalue weighted by Gasteiger charge is -2.60. The Morgan fingerprint density at radius 2 is 1.52 bits per heavy atom. The van der Waals surface area contributed by atoms with Crippen LogP contribution in [0.5, 0.6) is 0 Å². The van der Waals surface area contributed by atoms with Gasteiger partial charge in [-0.25, -0.2) is 0 Å². The van der Waals surface area contributed by atoms with Gasteiger partial charge in [0.2, 0.25) is 0 Å². The number of hydrogen-bond acceptors (Lipinski definition) is 7. The Morgan fingerprint density at radius 3 is 2.14 bits per heavy atom. The van der Waals surface area contributed by atoms with Gasteiger partial charge in [-0.2, -0.15) is 10.2 Å². The fraction of sp³-hybridized carbons (Fsp3) is 0.333. The molecule has 0 radical (unpaired) electrons. The van der Waals surface area contributed by atoms with E-state index < -0.39 is 4.92 Å². The molecule has 4 aliphatic rings. The van der Waals surface area contributed by atoms with Gasteiger partial charge < -0.3 is 0 Å². The molecule has 0 N–H and O–H groups in total. The first-order valence-electron chi connectivity index (χ1n) is 9.70. The van der Waals surface area contributed by atoms with Crippen molar-refractivity contribution in [1.29, 1.82) is 0 Å². The molecule has 148 valence electrons. The van der Waals surface area contributed by atoms with Crippen LogP contribution in [0, 0.1) is 15.5 Å². The van der Waals surface area contributed by atoms with Crippen LogP contribution in [-0.2, 0) is 0 Å². The molecule has 0 unspecified atom stereocenters. The number of benzene rings is 2. The van der Waals surface area contributed by atoms with Crippen molar-refractivity contribution in [3.05, 3.63) is 75.8 Å². The molecule has 2 aromatic carbocycles. The van der Waals surface area contributed by atoms with Crippen LogP contribution in [0.4, 0.5) is 5.69 Å². The van der Waals surface area contributed by atoms with Gasteiger partial charge in [-0.3, -0.25) is 24.8 Å². The third kappa shape index (κ3) is 3.35. The average Bonchev–Trinajstić information content (AvgIpc) is 2.71. The van der Waals surface area contributed by atoms with E-state index in [1.807, 2.05) is 18.2 Å². The Morgan fingerprint density at radius 1 is 0.931 bits per heavy atom. The quantitative estimate of drug-likeness (QED) is 0.444. The van der Waals surface area contributed by atoms with E-state index in [0.29, 0.717) is 5.56 Å². The Labute approximate surface area is 168 Å². The van der Waals surface area contributed by atoms with Crippen molar-refractivity contribution >= 4 is 17.6 Å². The summed E-state index contributed by atoms with van der Waals surface area (Å²) in [5, 5.41) is 20.2. The first-order chi connectivity index (χ1) is 14.1. The van der Waals surface area contributed by atoms with Gasteiger partial charge in [0, 0.05) is 25.7 Å². The normalized spacial score (nSPS) is 30.8. The summed E-state index contributed by atoms with van der Waals surface area (Å²) in [6, 6.07) is 16.7. The highest BCUT2D eigenvalue weighted by atomic mass is 16.6. The van der Waals surface area contributed by atoms with E-state index >= 15 is 0 Å². The summed E-state index contributed by atoms with van der Waals surface area (Å²) in [4.78, 5) is 18.2. The molecule has 6 rings (SSSR count). The topological polar surface area (TPSA) is 77.6 Å². The molecule has 8 heteroatoms. The van der Waals surface area contributed by atoms with Crippen LogP contribution in [0.15, 0.2) is 64.8 Å². The molecular weight excluding hydrogens is 368 g/mol. The van der Waals surface area contributed by atoms with E-state index in [-0.39, 0.29) is 11.1 Å². The van der Waals surface area contributed by atoms with E-state index in [1.54, 1.807) is 18.2 Å². The summed E-state index contributed by atoms with van der Waals surface area (Å²) in [5.74, 6) is 0. The molecule has 0 saturated carbocycles. The third-order valence-electron chi connectivity index (χ3n) is 5.82. The number of hydrogen-bond donors (Lipinski definition) is 0. The fourth-order valence-corrected chi connectivity index (χ4v) is 4.92. The maximum absolute atomic E-state index is 11.3. The lowest BCUT2D eigenvalue weighted by molar-refractivity contribution is -0.385. The van der Waals surface area contributed by atoms with Crippen molar-refractivity contribution in [2.75, 3.05) is 39.6 Å². The molecule has 8 nitrogen and oxygen atoms in total. The second-order valence-corrected chi connectivity index (χ2v) is 8.07. The zero-order valence-electron chi connectivity index (χ0n) is 16.0. The molecule has 2 aromatic rings. The van der Waals surface area contributed by atoms with Gasteiger partial charge in [-0.05, 0) is 11.6 Å². The molecule has 4 aliphatic heterocycles. The number of rotatable bonds is 5. The van der Waals surface area contributed by atoms with Gasteiger partial charge in [-0.15, -0.1) is 0 Å². The highest BCUT2D eigenvalue weighted by Crippen LogP contribution is 2.38. The van der Waals surface area contributed by atoms with Crippen molar-refractivity contribution in [3.8, 4) is 0 Å². The highest BCUT2D eigenvalue weighted by molar-refractivity contribution is 6.05. The van der Waals surface area contributed by atoms with Crippen molar-refractivity contribution in [3.63, 3.8) is 0 Å². The minimum Gasteiger partial charge on any atom is -0.276 e. The van der Waals surface area contributed by atoms with Crippen molar-refractivity contribution in [2.24, 2.45) is 15.6 Å². The van der Waals surface area contributed by atoms with Gasteiger partial charge in [0.05, 0.1) is 47.8 Å². The summed E-state index contributed by atoms with van der Waals surface area (Å²) in [6.07, 6.45) is 1.49. The van der Waals surface area contributed by atoms with Crippen LogP contribution < -0.4 is 0 Å². The van der Waals surface area contributed by atoms with Crippen molar-refractivity contribution in [2.45, 2.75) is 0 Å². The minimum atomic E-state index is -0.393. The molecular formula is C21H22N6O2. The summed E-state index contributed by atoms with van der Waals surface area (Å²) < 4.78 is 0. The lowest BCUT2D eigenvalue weighted by Crippen LogP contribution is -2.74. The van der Waals surface area contributed by atoms with Gasteiger partial charge in [0.25, 0.3) is 5.69 Å². The minimum absolute atomic E-state index is 0.0332. The van der Waals surface area contributed by atoms with Gasteiger partial charge in [0.1, 0.15) is 0 Å². The largest absolute Gasteiger partial charge is 0.278 e. The Balaban J connectivity index is 1.53. The van der Waals surface area contributed by atoms with E-state index in [0.717, 1.165) is 50.9 Å². The maximum atomic E-state index is 11.3. The molecule has 0 spiro atoms. The molecule has 29 heavy (non-hydrogen) atoms. The molecule has 0 amide bonds. The monoisotopic (exact) mass is 390 g/mol. The van der Waals surface area contributed by atoms with Crippen LogP contribution >= 0.6 is 0 Å². The Kier molecular flexibility index (Phi) is 4.46. The lowest BCUT2D eigenvalue weighted by atomic mass is 9.74. The van der Waals surface area contributed by atoms with E-state index in [9.17, 15) is 10.1 Å². The number of nitrogens with zero attached hydrogens (tertiary/aromatic N) is 6. The van der Waals surface area contributed by atoms with Gasteiger partial charge in [-0.1, -0.05) is 42.5 Å². The van der Waals surface area contributed by atoms with Crippen molar-refractivity contribution in [1.82, 2.24) is 14.7 Å².